The van der Waals surface area contributed by atoms with Gasteiger partial charge in [-0.2, -0.15) is 0 Å². The van der Waals surface area contributed by atoms with Crippen molar-refractivity contribution in [1.29, 1.82) is 0 Å². The lowest BCUT2D eigenvalue weighted by Gasteiger charge is -2.27. The van der Waals surface area contributed by atoms with Crippen LogP contribution in [0.1, 0.15) is 71.3 Å². The summed E-state index contributed by atoms with van der Waals surface area (Å²) in [4.78, 5) is 80.0. The molecule has 11 N–H and O–H groups in total. The Morgan fingerprint density at radius 1 is 0.826 bits per heavy atom. The number of carboxylic acids is 2. The van der Waals surface area contributed by atoms with E-state index >= 15 is 0 Å². The number of ketones is 1. The molecule has 0 aliphatic carbocycles. The summed E-state index contributed by atoms with van der Waals surface area (Å²) in [6.07, 6.45) is 1.32. The van der Waals surface area contributed by atoms with Crippen LogP contribution in [-0.4, -0.2) is 82.3 Å². The minimum absolute atomic E-state index is 0.00380. The van der Waals surface area contributed by atoms with E-state index in [-0.39, 0.29) is 37.6 Å². The Morgan fingerprint density at radius 3 is 2.00 bits per heavy atom. The van der Waals surface area contributed by atoms with E-state index < -0.39 is 72.1 Å². The Morgan fingerprint density at radius 2 is 1.46 bits per heavy atom. The van der Waals surface area contributed by atoms with Crippen molar-refractivity contribution in [3.8, 4) is 0 Å². The summed E-state index contributed by atoms with van der Waals surface area (Å²) in [5, 5.41) is 26.5. The van der Waals surface area contributed by atoms with Gasteiger partial charge in [0.25, 0.3) is 0 Å². The average Bonchev–Trinajstić information content (AvgIpc) is 2.98. The van der Waals surface area contributed by atoms with Crippen molar-refractivity contribution in [1.82, 2.24) is 16.0 Å². The highest BCUT2D eigenvalue weighted by atomic mass is 16.4. The Bertz CT molecular complexity index is 1200. The van der Waals surface area contributed by atoms with Gasteiger partial charge in [-0.15, -0.1) is 0 Å². The zero-order chi connectivity index (χ0) is 34.8. The third-order valence-electron chi connectivity index (χ3n) is 7.26. The number of Topliss-reactive ketones (excluding diaryl/α,β-unsaturated/α-hetero) is 1. The van der Waals surface area contributed by atoms with Gasteiger partial charge in [-0.05, 0) is 30.7 Å². The maximum Gasteiger partial charge on any atom is 0.326 e. The monoisotopic (exact) mass is 647 g/mol. The molecule has 3 amide bonds. The van der Waals surface area contributed by atoms with Crippen LogP contribution in [0, 0.1) is 11.8 Å². The van der Waals surface area contributed by atoms with Crippen molar-refractivity contribution in [3.63, 3.8) is 0 Å². The molecule has 0 saturated heterocycles. The largest absolute Gasteiger partial charge is 0.481 e. The molecule has 1 aromatic carbocycles. The highest BCUT2D eigenvalue weighted by Gasteiger charge is 2.34. The molecule has 1 rings (SSSR count). The molecule has 15 nitrogen and oxygen atoms in total. The second-order valence-corrected chi connectivity index (χ2v) is 11.5. The molecular formula is C31H49N7O8. The van der Waals surface area contributed by atoms with Crippen molar-refractivity contribution in [2.45, 2.75) is 96.3 Å². The molecule has 0 fully saturated rings. The Balaban J connectivity index is 3.03. The second kappa shape index (κ2) is 20.5. The summed E-state index contributed by atoms with van der Waals surface area (Å²) in [5.41, 5.74) is 17.3. The van der Waals surface area contributed by atoms with Crippen molar-refractivity contribution < 1.29 is 39.0 Å². The lowest BCUT2D eigenvalue weighted by molar-refractivity contribution is -0.143. The molecule has 0 aliphatic heterocycles. The van der Waals surface area contributed by atoms with E-state index in [0.717, 1.165) is 0 Å². The molecule has 46 heavy (non-hydrogen) atoms. The number of guanidine groups is 1. The van der Waals surface area contributed by atoms with Gasteiger partial charge in [0.05, 0.1) is 12.5 Å². The first-order valence-corrected chi connectivity index (χ1v) is 15.4. The Kier molecular flexibility index (Phi) is 17.6. The predicted molar refractivity (Wildman–Crippen MR) is 171 cm³/mol. The Labute approximate surface area is 269 Å². The number of carbonyl (C=O) groups excluding carboxylic acids is 4. The van der Waals surface area contributed by atoms with Gasteiger partial charge in [0.2, 0.25) is 17.7 Å². The van der Waals surface area contributed by atoms with E-state index in [4.69, 9.17) is 17.2 Å². The van der Waals surface area contributed by atoms with Crippen LogP contribution >= 0.6 is 0 Å². The minimum atomic E-state index is -1.58. The van der Waals surface area contributed by atoms with Crippen LogP contribution in [0.15, 0.2) is 35.3 Å². The molecule has 0 aromatic heterocycles. The topological polar surface area (TPSA) is 269 Å². The number of rotatable bonds is 22. The van der Waals surface area contributed by atoms with Crippen molar-refractivity contribution in [2.75, 3.05) is 6.54 Å². The number of aliphatic carboxylic acids is 2. The third-order valence-corrected chi connectivity index (χ3v) is 7.26. The zero-order valence-electron chi connectivity index (χ0n) is 26.7. The van der Waals surface area contributed by atoms with E-state index in [0.29, 0.717) is 31.2 Å². The molecule has 256 valence electrons. The summed E-state index contributed by atoms with van der Waals surface area (Å²) < 4.78 is 0. The normalized spacial score (nSPS) is 14.2. The van der Waals surface area contributed by atoms with Crippen LogP contribution in [0.2, 0.25) is 0 Å². The summed E-state index contributed by atoms with van der Waals surface area (Å²) in [6.45, 7) is 5.43. The van der Waals surface area contributed by atoms with Crippen LogP contribution in [0.3, 0.4) is 0 Å². The highest BCUT2D eigenvalue weighted by Crippen LogP contribution is 2.17. The molecule has 0 radical (unpaired) electrons. The van der Waals surface area contributed by atoms with Gasteiger partial charge in [0.1, 0.15) is 23.9 Å². The molecule has 0 aliphatic rings. The molecule has 0 saturated carbocycles. The number of carbonyl (C=O) groups is 6. The van der Waals surface area contributed by atoms with Gasteiger partial charge in [0, 0.05) is 25.3 Å². The number of unbranched alkanes of at least 4 members (excludes halogenated alkanes) is 1. The number of hydrogen-bond donors (Lipinski definition) is 8. The van der Waals surface area contributed by atoms with Gasteiger partial charge in [-0.25, -0.2) is 4.79 Å². The fourth-order valence-electron chi connectivity index (χ4n) is 4.62. The third kappa shape index (κ3) is 15.0. The summed E-state index contributed by atoms with van der Waals surface area (Å²) in [5.74, 6) is -6.95. The molecule has 0 unspecified atom stereocenters. The standard InChI is InChI=1S/C31H49N7O8/c1-4-5-12-20(16-24(39)21(32)13-9-14-35-31(33)34)27(42)36-22(17-25(40)41)28(43)38-26(18(2)3)29(44)37-23(30(45)46)15-19-10-7-6-8-11-19/h6-8,10-11,18,20-23,26H,4-5,9,12-17,32H2,1-3H3,(H,36,42)(H,37,44)(H,38,43)(H,40,41)(H,45,46)(H4,33,34,35)/t20-,21-,22-,23-,26-/m0/s1. The minimum Gasteiger partial charge on any atom is -0.481 e. The fourth-order valence-corrected chi connectivity index (χ4v) is 4.62. The number of nitrogens with two attached hydrogens (primary N) is 3. The summed E-state index contributed by atoms with van der Waals surface area (Å²) in [6, 6.07) is 3.69. The maximum atomic E-state index is 13.3. The van der Waals surface area contributed by atoms with Gasteiger partial charge in [-0.1, -0.05) is 63.9 Å². The zero-order valence-corrected chi connectivity index (χ0v) is 26.7. The summed E-state index contributed by atoms with van der Waals surface area (Å²) in [7, 11) is 0. The second-order valence-electron chi connectivity index (χ2n) is 11.5. The number of amides is 3. The first-order chi connectivity index (χ1) is 21.7. The number of aliphatic imine (C=N–C) groups is 1. The first kappa shape index (κ1) is 39.5. The van der Waals surface area contributed by atoms with E-state index in [2.05, 4.69) is 20.9 Å². The molecule has 15 heteroatoms. The number of carboxylic acid groups (broad SMARTS) is 2. The SMILES string of the molecule is CCCC[C@@H](CC(=O)[C@@H](N)CCCN=C(N)N)C(=O)N[C@@H](CC(=O)O)C(=O)N[C@H](C(=O)N[C@@H](Cc1ccccc1)C(=O)O)C(C)C. The molecule has 0 spiro atoms. The number of nitrogens with zero attached hydrogens (tertiary/aromatic N) is 1. The van der Waals surface area contributed by atoms with E-state index in [1.54, 1.807) is 44.2 Å². The first-order valence-electron chi connectivity index (χ1n) is 15.4. The van der Waals surface area contributed by atoms with Crippen LogP contribution in [-0.2, 0) is 35.2 Å². The van der Waals surface area contributed by atoms with Crippen LogP contribution in [0.25, 0.3) is 0 Å². The van der Waals surface area contributed by atoms with Gasteiger partial charge >= 0.3 is 11.9 Å². The Hall–Kier alpha value is -4.53. The van der Waals surface area contributed by atoms with Crippen LogP contribution < -0.4 is 33.2 Å². The predicted octanol–water partition coefficient (Wildman–Crippen LogP) is 0.0453. The van der Waals surface area contributed by atoms with E-state index in [1.807, 2.05) is 6.92 Å². The van der Waals surface area contributed by atoms with Crippen LogP contribution in [0.4, 0.5) is 0 Å². The fraction of sp³-hybridized carbons (Fsp3) is 0.581. The van der Waals surface area contributed by atoms with Crippen LogP contribution in [0.5, 0.6) is 0 Å². The number of benzene rings is 1. The van der Waals surface area contributed by atoms with Gasteiger partial charge < -0.3 is 43.4 Å². The van der Waals surface area contributed by atoms with E-state index in [9.17, 15) is 39.0 Å². The molecule has 5 atom stereocenters. The molecule has 1 aromatic rings. The van der Waals surface area contributed by atoms with Gasteiger partial charge in [-0.3, -0.25) is 29.0 Å². The smallest absolute Gasteiger partial charge is 0.326 e. The van der Waals surface area contributed by atoms with Gasteiger partial charge in [0.15, 0.2) is 5.96 Å². The molecule has 0 heterocycles. The average molecular weight is 648 g/mol. The molecule has 0 bridgehead atoms. The summed E-state index contributed by atoms with van der Waals surface area (Å²) >= 11 is 0. The maximum absolute atomic E-state index is 13.3. The van der Waals surface area contributed by atoms with Crippen molar-refractivity contribution in [3.05, 3.63) is 35.9 Å². The number of nitrogens with one attached hydrogen (secondary N) is 3. The highest BCUT2D eigenvalue weighted by molar-refractivity contribution is 5.96. The lowest BCUT2D eigenvalue weighted by atomic mass is 9.91. The molecular weight excluding hydrogens is 598 g/mol. The lowest BCUT2D eigenvalue weighted by Crippen LogP contribution is -2.58. The number of hydrogen-bond acceptors (Lipinski definition) is 8. The van der Waals surface area contributed by atoms with E-state index in [1.165, 1.54) is 0 Å². The van der Waals surface area contributed by atoms with Crippen molar-refractivity contribution in [2.24, 2.45) is 34.0 Å². The van der Waals surface area contributed by atoms with Crippen molar-refractivity contribution >= 4 is 41.4 Å². The quantitative estimate of drug-likeness (QED) is 0.0473.